The number of benzene rings is 1. The Kier molecular flexibility index (Phi) is 5.79. The number of carboxylic acid groups (broad SMARTS) is 1. The third kappa shape index (κ3) is 4.95. The minimum Gasteiger partial charge on any atom is -0.480 e. The molecule has 1 N–H and O–H groups in total. The molecular formula is C15H19NO3. The topological polar surface area (TPSA) is 57.6 Å². The third-order valence-corrected chi connectivity index (χ3v) is 2.90. The summed E-state index contributed by atoms with van der Waals surface area (Å²) in [5.74, 6) is -1.17. The number of carboxylic acids is 1. The lowest BCUT2D eigenvalue weighted by Gasteiger charge is -2.19. The summed E-state index contributed by atoms with van der Waals surface area (Å²) in [5.41, 5.74) is 2.26. The Balaban J connectivity index is 2.59. The Morgan fingerprint density at radius 2 is 2.05 bits per heavy atom. The minimum absolute atomic E-state index is 0.162. The molecule has 0 saturated carbocycles. The van der Waals surface area contributed by atoms with Gasteiger partial charge in [-0.15, -0.1) is 6.58 Å². The zero-order valence-corrected chi connectivity index (χ0v) is 11.1. The Bertz CT molecular complexity index is 468. The van der Waals surface area contributed by atoms with Crippen LogP contribution in [0.2, 0.25) is 0 Å². The monoisotopic (exact) mass is 261 g/mol. The van der Waals surface area contributed by atoms with Crippen LogP contribution in [0.3, 0.4) is 0 Å². The van der Waals surface area contributed by atoms with Gasteiger partial charge >= 0.3 is 5.97 Å². The number of amides is 1. The first-order valence-electron chi connectivity index (χ1n) is 6.19. The molecule has 0 unspecified atom stereocenters. The van der Waals surface area contributed by atoms with E-state index in [1.807, 2.05) is 31.2 Å². The number of nitrogens with zero attached hydrogens (tertiary/aromatic N) is 1. The van der Waals surface area contributed by atoms with Gasteiger partial charge in [0.25, 0.3) is 0 Å². The van der Waals surface area contributed by atoms with Crippen molar-refractivity contribution in [1.29, 1.82) is 0 Å². The highest BCUT2D eigenvalue weighted by Crippen LogP contribution is 2.10. The molecule has 0 atom stereocenters. The fourth-order valence-electron chi connectivity index (χ4n) is 1.86. The van der Waals surface area contributed by atoms with E-state index >= 15 is 0 Å². The predicted octanol–water partition coefficient (Wildman–Crippen LogP) is 2.03. The Morgan fingerprint density at radius 3 is 2.63 bits per heavy atom. The number of hydrogen-bond donors (Lipinski definition) is 1. The number of carbonyl (C=O) groups excluding carboxylic acids is 1. The van der Waals surface area contributed by atoms with Crippen LogP contribution < -0.4 is 0 Å². The van der Waals surface area contributed by atoms with Crippen molar-refractivity contribution in [2.45, 2.75) is 19.8 Å². The van der Waals surface area contributed by atoms with Crippen molar-refractivity contribution in [2.75, 3.05) is 13.1 Å². The molecule has 19 heavy (non-hydrogen) atoms. The van der Waals surface area contributed by atoms with Crippen molar-refractivity contribution < 1.29 is 14.7 Å². The van der Waals surface area contributed by atoms with E-state index in [1.165, 1.54) is 11.0 Å². The summed E-state index contributed by atoms with van der Waals surface area (Å²) in [6.45, 7) is 5.52. The van der Waals surface area contributed by atoms with E-state index in [9.17, 15) is 9.59 Å². The Morgan fingerprint density at radius 1 is 1.37 bits per heavy atom. The molecule has 1 rings (SSSR count). The molecule has 0 aromatic heterocycles. The molecule has 4 heteroatoms. The Labute approximate surface area is 113 Å². The maximum Gasteiger partial charge on any atom is 0.323 e. The molecule has 0 aliphatic rings. The lowest BCUT2D eigenvalue weighted by Crippen LogP contribution is -2.35. The van der Waals surface area contributed by atoms with E-state index in [0.29, 0.717) is 12.8 Å². The van der Waals surface area contributed by atoms with Crippen LogP contribution in [0.5, 0.6) is 0 Å². The van der Waals surface area contributed by atoms with Crippen LogP contribution in [0.1, 0.15) is 17.5 Å². The fraction of sp³-hybridized carbons (Fsp3) is 0.333. The molecule has 0 saturated heterocycles. The molecule has 102 valence electrons. The van der Waals surface area contributed by atoms with Gasteiger partial charge in [0.1, 0.15) is 6.54 Å². The van der Waals surface area contributed by atoms with Crippen molar-refractivity contribution in [1.82, 2.24) is 4.90 Å². The minimum atomic E-state index is -1.01. The molecular weight excluding hydrogens is 242 g/mol. The van der Waals surface area contributed by atoms with Gasteiger partial charge < -0.3 is 10.0 Å². The smallest absolute Gasteiger partial charge is 0.323 e. The average Bonchev–Trinajstić information content (AvgIpc) is 2.36. The molecule has 1 amide bonds. The quantitative estimate of drug-likeness (QED) is 0.764. The summed E-state index contributed by atoms with van der Waals surface area (Å²) in [4.78, 5) is 24.0. The van der Waals surface area contributed by atoms with Gasteiger partial charge in [-0.2, -0.15) is 0 Å². The highest BCUT2D eigenvalue weighted by molar-refractivity contribution is 5.81. The molecule has 0 fully saturated rings. The molecule has 1 aromatic rings. The van der Waals surface area contributed by atoms with E-state index in [0.717, 1.165) is 11.1 Å². The first-order valence-corrected chi connectivity index (χ1v) is 6.19. The molecule has 1 aromatic carbocycles. The zero-order valence-electron chi connectivity index (χ0n) is 11.1. The summed E-state index contributed by atoms with van der Waals surface area (Å²) >= 11 is 0. The highest BCUT2D eigenvalue weighted by atomic mass is 16.4. The molecule has 0 bridgehead atoms. The van der Waals surface area contributed by atoms with Crippen LogP contribution in [0.15, 0.2) is 36.9 Å². The van der Waals surface area contributed by atoms with Crippen LogP contribution in [0.25, 0.3) is 0 Å². The summed E-state index contributed by atoms with van der Waals surface area (Å²) in [6.07, 6.45) is 2.47. The van der Waals surface area contributed by atoms with Gasteiger partial charge in [0, 0.05) is 13.0 Å². The van der Waals surface area contributed by atoms with E-state index in [2.05, 4.69) is 6.58 Å². The molecule has 0 aliphatic heterocycles. The second-order valence-corrected chi connectivity index (χ2v) is 4.38. The Hall–Kier alpha value is -2.10. The second kappa shape index (κ2) is 7.36. The van der Waals surface area contributed by atoms with Gasteiger partial charge in [-0.1, -0.05) is 30.3 Å². The van der Waals surface area contributed by atoms with E-state index in [1.54, 1.807) is 0 Å². The maximum atomic E-state index is 12.0. The molecule has 0 radical (unpaired) electrons. The van der Waals surface area contributed by atoms with Crippen molar-refractivity contribution in [2.24, 2.45) is 0 Å². The van der Waals surface area contributed by atoms with E-state index in [4.69, 9.17) is 5.11 Å². The van der Waals surface area contributed by atoms with Gasteiger partial charge in [0.2, 0.25) is 5.91 Å². The summed E-state index contributed by atoms with van der Waals surface area (Å²) in [7, 11) is 0. The lowest BCUT2D eigenvalue weighted by atomic mass is 10.0. The van der Waals surface area contributed by atoms with Gasteiger partial charge in [0.05, 0.1) is 0 Å². The van der Waals surface area contributed by atoms with Gasteiger partial charge in [-0.05, 0) is 24.5 Å². The van der Waals surface area contributed by atoms with Crippen LogP contribution >= 0.6 is 0 Å². The first kappa shape index (κ1) is 15.0. The van der Waals surface area contributed by atoms with Crippen molar-refractivity contribution in [3.05, 3.63) is 48.0 Å². The molecule has 0 heterocycles. The molecule has 0 spiro atoms. The zero-order chi connectivity index (χ0) is 14.3. The fourth-order valence-corrected chi connectivity index (χ4v) is 1.86. The van der Waals surface area contributed by atoms with Gasteiger partial charge in [-0.25, -0.2) is 0 Å². The van der Waals surface area contributed by atoms with Crippen molar-refractivity contribution >= 4 is 11.9 Å². The normalized spacial score (nSPS) is 9.95. The van der Waals surface area contributed by atoms with E-state index in [-0.39, 0.29) is 19.0 Å². The number of aryl methyl sites for hydroxylation is 2. The largest absolute Gasteiger partial charge is 0.480 e. The number of hydrogen-bond acceptors (Lipinski definition) is 2. The predicted molar refractivity (Wildman–Crippen MR) is 73.9 cm³/mol. The van der Waals surface area contributed by atoms with E-state index < -0.39 is 5.97 Å². The summed E-state index contributed by atoms with van der Waals surface area (Å²) < 4.78 is 0. The van der Waals surface area contributed by atoms with Crippen LogP contribution in [-0.4, -0.2) is 35.0 Å². The highest BCUT2D eigenvalue weighted by Gasteiger charge is 2.15. The SMILES string of the molecule is C=CCN(CC(=O)O)C(=O)CCc1ccccc1C. The second-order valence-electron chi connectivity index (χ2n) is 4.38. The number of carbonyl (C=O) groups is 2. The number of aliphatic carboxylic acids is 1. The lowest BCUT2D eigenvalue weighted by molar-refractivity contribution is -0.144. The van der Waals surface area contributed by atoms with Crippen LogP contribution in [0, 0.1) is 6.92 Å². The molecule has 4 nitrogen and oxygen atoms in total. The van der Waals surface area contributed by atoms with Crippen molar-refractivity contribution in [3.8, 4) is 0 Å². The van der Waals surface area contributed by atoms with Gasteiger partial charge in [0.15, 0.2) is 0 Å². The summed E-state index contributed by atoms with van der Waals surface area (Å²) in [6, 6.07) is 7.87. The molecule has 0 aliphatic carbocycles. The maximum absolute atomic E-state index is 12.0. The van der Waals surface area contributed by atoms with Crippen molar-refractivity contribution in [3.63, 3.8) is 0 Å². The average molecular weight is 261 g/mol. The third-order valence-electron chi connectivity index (χ3n) is 2.90. The summed E-state index contributed by atoms with van der Waals surface area (Å²) in [5, 5.41) is 8.76. The van der Waals surface area contributed by atoms with Crippen LogP contribution in [-0.2, 0) is 16.0 Å². The standard InChI is InChI=1S/C15H19NO3/c1-3-10-16(11-15(18)19)14(17)9-8-13-7-5-4-6-12(13)2/h3-7H,1,8-11H2,2H3,(H,18,19). The van der Waals surface area contributed by atoms with Gasteiger partial charge in [-0.3, -0.25) is 9.59 Å². The number of rotatable bonds is 7. The van der Waals surface area contributed by atoms with Crippen LogP contribution in [0.4, 0.5) is 0 Å². The first-order chi connectivity index (χ1) is 9.04.